The minimum Gasteiger partial charge on any atom is -0.336 e. The summed E-state index contributed by atoms with van der Waals surface area (Å²) in [6.45, 7) is 2.02. The first-order valence-corrected chi connectivity index (χ1v) is 12.2. The van der Waals surface area contributed by atoms with Gasteiger partial charge >= 0.3 is 0 Å². The molecule has 0 aliphatic carbocycles. The Hall–Kier alpha value is -5.06. The lowest BCUT2D eigenvalue weighted by atomic mass is 10.1. The quantitative estimate of drug-likeness (QED) is 0.267. The third kappa shape index (κ3) is 4.23. The summed E-state index contributed by atoms with van der Waals surface area (Å²) < 4.78 is 16.0. The maximum Gasteiger partial charge on any atom is 0.224 e. The van der Waals surface area contributed by atoms with E-state index in [1.807, 2.05) is 19.1 Å². The summed E-state index contributed by atoms with van der Waals surface area (Å²) in [5, 5.41) is 10.2. The molecule has 3 N–H and O–H groups in total. The Balaban J connectivity index is 1.41. The van der Waals surface area contributed by atoms with Crippen molar-refractivity contribution in [2.75, 3.05) is 5.32 Å². The van der Waals surface area contributed by atoms with Crippen LogP contribution >= 0.6 is 0 Å². The van der Waals surface area contributed by atoms with Gasteiger partial charge in [0, 0.05) is 42.3 Å². The van der Waals surface area contributed by atoms with Crippen molar-refractivity contribution in [3.8, 4) is 34.0 Å². The van der Waals surface area contributed by atoms with Crippen molar-refractivity contribution in [1.82, 2.24) is 40.1 Å². The first kappa shape index (κ1) is 23.3. The molecule has 6 rings (SSSR count). The number of imidazole rings is 1. The van der Waals surface area contributed by atoms with E-state index >= 15 is 4.39 Å². The van der Waals surface area contributed by atoms with E-state index < -0.39 is 5.82 Å². The highest BCUT2D eigenvalue weighted by Crippen LogP contribution is 2.34. The van der Waals surface area contributed by atoms with Crippen molar-refractivity contribution in [2.45, 2.75) is 26.2 Å². The molecule has 0 aliphatic heterocycles. The number of fused-ring (bicyclic) bond motifs is 2. The Morgan fingerprint density at radius 3 is 2.71 bits per heavy atom. The van der Waals surface area contributed by atoms with E-state index in [4.69, 9.17) is 4.98 Å². The van der Waals surface area contributed by atoms with Gasteiger partial charge in [-0.15, -0.1) is 0 Å². The fourth-order valence-electron chi connectivity index (χ4n) is 4.31. The lowest BCUT2D eigenvalue weighted by Gasteiger charge is -2.08. The number of carbonyl (C=O) groups excluding carboxylic acids is 1. The highest BCUT2D eigenvalue weighted by atomic mass is 19.1. The second kappa shape index (κ2) is 9.77. The lowest BCUT2D eigenvalue weighted by Crippen LogP contribution is -2.11. The van der Waals surface area contributed by atoms with E-state index in [-0.39, 0.29) is 17.0 Å². The van der Waals surface area contributed by atoms with Crippen LogP contribution in [0, 0.1) is 5.82 Å². The molecule has 0 fully saturated rings. The predicted molar refractivity (Wildman–Crippen MR) is 141 cm³/mol. The van der Waals surface area contributed by atoms with E-state index in [0.717, 1.165) is 23.9 Å². The molecule has 6 aromatic rings. The number of anilines is 1. The smallest absolute Gasteiger partial charge is 0.224 e. The van der Waals surface area contributed by atoms with E-state index in [9.17, 15) is 4.79 Å². The van der Waals surface area contributed by atoms with Gasteiger partial charge in [0.05, 0.1) is 40.2 Å². The summed E-state index contributed by atoms with van der Waals surface area (Å²) in [4.78, 5) is 37.2. The zero-order valence-electron chi connectivity index (χ0n) is 20.4. The molecule has 0 aliphatic rings. The average molecular weight is 508 g/mol. The number of rotatable bonds is 7. The minimum atomic E-state index is -0.575. The predicted octanol–water partition coefficient (Wildman–Crippen LogP) is 5.29. The number of hydrogen-bond donors (Lipinski definition) is 3. The molecule has 0 atom stereocenters. The maximum absolute atomic E-state index is 16.0. The van der Waals surface area contributed by atoms with Gasteiger partial charge in [-0.1, -0.05) is 13.3 Å². The number of unbranched alkanes of at least 4 members (excludes halogenated alkanes) is 1. The van der Waals surface area contributed by atoms with Crippen molar-refractivity contribution in [3.05, 3.63) is 67.3 Å². The number of hydrogen-bond acceptors (Lipinski definition) is 7. The molecule has 0 saturated carbocycles. The van der Waals surface area contributed by atoms with E-state index in [0.29, 0.717) is 45.9 Å². The molecule has 0 saturated heterocycles. The average Bonchev–Trinajstić information content (AvgIpc) is 3.57. The molecule has 0 aromatic carbocycles. The van der Waals surface area contributed by atoms with Crippen LogP contribution in [0.5, 0.6) is 0 Å². The molecule has 11 heteroatoms. The normalized spacial score (nSPS) is 11.3. The van der Waals surface area contributed by atoms with Gasteiger partial charge in [-0.3, -0.25) is 29.8 Å². The maximum atomic E-state index is 16.0. The molecule has 38 heavy (non-hydrogen) atoms. The summed E-state index contributed by atoms with van der Waals surface area (Å²) >= 11 is 0. The van der Waals surface area contributed by atoms with Crippen LogP contribution < -0.4 is 5.32 Å². The zero-order chi connectivity index (χ0) is 26.1. The molecule has 1 amide bonds. The van der Waals surface area contributed by atoms with E-state index in [1.165, 1.54) is 18.6 Å². The number of nitrogens with one attached hydrogen (secondary N) is 3. The van der Waals surface area contributed by atoms with Gasteiger partial charge in [0.1, 0.15) is 16.9 Å². The fraction of sp³-hybridized carbons (Fsp3) is 0.148. The van der Waals surface area contributed by atoms with Gasteiger partial charge in [0.25, 0.3) is 0 Å². The topological polar surface area (TPSA) is 138 Å². The standard InChI is InChI=1S/C27H22FN9O/c1-2-3-6-20(38)33-17-10-16(12-30-13-17)23-22(28)21-19(14-32-23)36-37-26(21)27-34-18-7-9-31-24(25(18)35-27)15-5-4-8-29-11-15/h4-5,7-14H,2-3,6H2,1H3,(H,33,38)(H,34,35)(H,36,37). The second-order valence-corrected chi connectivity index (χ2v) is 8.78. The number of pyridine rings is 4. The first-order chi connectivity index (χ1) is 18.6. The zero-order valence-corrected chi connectivity index (χ0v) is 20.4. The van der Waals surface area contributed by atoms with Crippen molar-refractivity contribution in [2.24, 2.45) is 0 Å². The second-order valence-electron chi connectivity index (χ2n) is 8.78. The van der Waals surface area contributed by atoms with E-state index in [2.05, 4.69) is 40.4 Å². The molecule has 0 radical (unpaired) electrons. The van der Waals surface area contributed by atoms with Gasteiger partial charge in [-0.05, 0) is 30.7 Å². The Morgan fingerprint density at radius 1 is 0.974 bits per heavy atom. The van der Waals surface area contributed by atoms with Crippen LogP contribution in [0.4, 0.5) is 10.1 Å². The SMILES string of the molecule is CCCCC(=O)Nc1cncc(-c2ncc3[nH]nc(-c4nc5c(-c6cccnc6)nccc5[nH]4)c3c2F)c1. The molecular weight excluding hydrogens is 485 g/mol. The van der Waals surface area contributed by atoms with Crippen LogP contribution in [0.3, 0.4) is 0 Å². The van der Waals surface area contributed by atoms with Gasteiger partial charge in [0.2, 0.25) is 5.91 Å². The van der Waals surface area contributed by atoms with Crippen LogP contribution in [-0.2, 0) is 4.79 Å². The molecule has 0 bridgehead atoms. The largest absolute Gasteiger partial charge is 0.336 e. The molecule has 6 aromatic heterocycles. The van der Waals surface area contributed by atoms with Crippen LogP contribution in [0.1, 0.15) is 26.2 Å². The summed E-state index contributed by atoms with van der Waals surface area (Å²) in [6, 6.07) is 7.19. The monoisotopic (exact) mass is 507 g/mol. The van der Waals surface area contributed by atoms with Crippen molar-refractivity contribution >= 4 is 33.5 Å². The molecule has 188 valence electrons. The van der Waals surface area contributed by atoms with Gasteiger partial charge in [-0.2, -0.15) is 5.10 Å². The van der Waals surface area contributed by atoms with Crippen molar-refractivity contribution < 1.29 is 9.18 Å². The Labute approximate surface area is 215 Å². The first-order valence-electron chi connectivity index (χ1n) is 12.2. The Bertz CT molecular complexity index is 1780. The van der Waals surface area contributed by atoms with Crippen molar-refractivity contribution in [3.63, 3.8) is 0 Å². The highest BCUT2D eigenvalue weighted by Gasteiger charge is 2.21. The van der Waals surface area contributed by atoms with Crippen LogP contribution in [-0.4, -0.2) is 46.0 Å². The molecule has 10 nitrogen and oxygen atoms in total. The van der Waals surface area contributed by atoms with Crippen LogP contribution in [0.2, 0.25) is 0 Å². The number of amides is 1. The summed E-state index contributed by atoms with van der Waals surface area (Å²) in [6.07, 6.45) is 11.7. The summed E-state index contributed by atoms with van der Waals surface area (Å²) in [7, 11) is 0. The minimum absolute atomic E-state index is 0.0890. The third-order valence-corrected chi connectivity index (χ3v) is 6.16. The Kier molecular flexibility index (Phi) is 6.00. The molecule has 0 unspecified atom stereocenters. The van der Waals surface area contributed by atoms with E-state index in [1.54, 1.807) is 30.7 Å². The highest BCUT2D eigenvalue weighted by molar-refractivity contribution is 5.97. The number of aromatic nitrogens is 8. The van der Waals surface area contributed by atoms with Crippen molar-refractivity contribution in [1.29, 1.82) is 0 Å². The van der Waals surface area contributed by atoms with Gasteiger partial charge in [-0.25, -0.2) is 9.37 Å². The molecular formula is C27H22FN9O. The fourth-order valence-corrected chi connectivity index (χ4v) is 4.31. The molecule has 6 heterocycles. The summed E-state index contributed by atoms with van der Waals surface area (Å²) in [5.74, 6) is -0.305. The number of halogens is 1. The van der Waals surface area contributed by atoms with Crippen LogP contribution in [0.15, 0.2) is 61.4 Å². The number of H-pyrrole nitrogens is 2. The third-order valence-electron chi connectivity index (χ3n) is 6.16. The Morgan fingerprint density at radius 2 is 1.87 bits per heavy atom. The number of carbonyl (C=O) groups is 1. The summed E-state index contributed by atoms with van der Waals surface area (Å²) in [5.41, 5.74) is 4.55. The van der Waals surface area contributed by atoms with Gasteiger partial charge in [0.15, 0.2) is 11.6 Å². The number of nitrogens with zero attached hydrogens (tertiary/aromatic N) is 6. The molecule has 0 spiro atoms. The van der Waals surface area contributed by atoms with Gasteiger partial charge < -0.3 is 10.3 Å². The van der Waals surface area contributed by atoms with Crippen LogP contribution in [0.25, 0.3) is 56.0 Å². The number of aromatic amines is 2. The lowest BCUT2D eigenvalue weighted by molar-refractivity contribution is -0.116.